The molecule has 2 rings (SSSR count). The third-order valence-corrected chi connectivity index (χ3v) is 3.37. The summed E-state index contributed by atoms with van der Waals surface area (Å²) >= 11 is 5.35. The Kier molecular flexibility index (Phi) is 5.38. The maximum atomic E-state index is 5.35. The summed E-state index contributed by atoms with van der Waals surface area (Å²) in [6.07, 6.45) is 0. The van der Waals surface area contributed by atoms with Gasteiger partial charge in [-0.1, -0.05) is 12.2 Å². The van der Waals surface area contributed by atoms with E-state index in [2.05, 4.69) is 16.7 Å². The van der Waals surface area contributed by atoms with Crippen LogP contribution in [0.1, 0.15) is 11.1 Å². The molecule has 0 spiro atoms. The van der Waals surface area contributed by atoms with Crippen LogP contribution in [-0.2, 0) is 0 Å². The molecule has 112 valence electrons. The van der Waals surface area contributed by atoms with Gasteiger partial charge in [-0.3, -0.25) is 0 Å². The first-order valence-electron chi connectivity index (χ1n) is 6.56. The number of nitrogens with zero attached hydrogens (tertiary/aromatic N) is 2. The second-order valence-electron chi connectivity index (χ2n) is 4.36. The molecule has 0 radical (unpaired) electrons. The second-order valence-corrected chi connectivity index (χ2v) is 4.74. The van der Waals surface area contributed by atoms with Crippen molar-refractivity contribution in [3.63, 3.8) is 0 Å². The van der Waals surface area contributed by atoms with Gasteiger partial charge in [0.1, 0.15) is 16.5 Å². The molecular formula is C17H16N2O2S. The van der Waals surface area contributed by atoms with Crippen LogP contribution in [0.4, 0.5) is 0 Å². The molecule has 0 unspecified atom stereocenters. The highest BCUT2D eigenvalue weighted by Crippen LogP contribution is 2.15. The average Bonchev–Trinajstić information content (AvgIpc) is 2.59. The topological polar surface area (TPSA) is 43.2 Å². The summed E-state index contributed by atoms with van der Waals surface area (Å²) in [7, 11) is 3.24. The van der Waals surface area contributed by atoms with E-state index in [1.165, 1.54) is 0 Å². The molecule has 0 saturated heterocycles. The Morgan fingerprint density at radius 3 is 1.73 bits per heavy atom. The Balaban J connectivity index is 2.26. The van der Waals surface area contributed by atoms with Crippen molar-refractivity contribution in [1.29, 1.82) is 0 Å². The Morgan fingerprint density at radius 2 is 1.32 bits per heavy atom. The van der Waals surface area contributed by atoms with Crippen LogP contribution in [0.5, 0.6) is 11.5 Å². The van der Waals surface area contributed by atoms with Crippen LogP contribution < -0.4 is 9.47 Å². The Bertz CT molecular complexity index is 692. The van der Waals surface area contributed by atoms with E-state index in [1.54, 1.807) is 14.2 Å². The van der Waals surface area contributed by atoms with Crippen LogP contribution >= 0.6 is 12.2 Å². The molecule has 5 heteroatoms. The van der Waals surface area contributed by atoms with Crippen molar-refractivity contribution in [2.75, 3.05) is 14.2 Å². The highest BCUT2D eigenvalue weighted by atomic mass is 32.1. The molecule has 0 aromatic heterocycles. The Morgan fingerprint density at radius 1 is 0.864 bits per heavy atom. The predicted molar refractivity (Wildman–Crippen MR) is 93.8 cm³/mol. The van der Waals surface area contributed by atoms with Gasteiger partial charge in [0.2, 0.25) is 0 Å². The fourth-order valence-electron chi connectivity index (χ4n) is 1.83. The van der Waals surface area contributed by atoms with Gasteiger partial charge in [-0.2, -0.15) is 0 Å². The van der Waals surface area contributed by atoms with Crippen LogP contribution in [0.2, 0.25) is 0 Å². The highest BCUT2D eigenvalue weighted by molar-refractivity contribution is 7.80. The van der Waals surface area contributed by atoms with Crippen molar-refractivity contribution in [3.05, 3.63) is 59.7 Å². The molecule has 4 nitrogen and oxygen atoms in total. The number of rotatable bonds is 4. The van der Waals surface area contributed by atoms with Crippen molar-refractivity contribution in [3.8, 4) is 11.5 Å². The lowest BCUT2D eigenvalue weighted by molar-refractivity contribution is 0.414. The molecule has 0 atom stereocenters. The van der Waals surface area contributed by atoms with Crippen molar-refractivity contribution < 1.29 is 9.47 Å². The largest absolute Gasteiger partial charge is 0.497 e. The van der Waals surface area contributed by atoms with E-state index in [4.69, 9.17) is 21.7 Å². The van der Waals surface area contributed by atoms with Gasteiger partial charge in [0.15, 0.2) is 5.84 Å². The highest BCUT2D eigenvalue weighted by Gasteiger charge is 2.05. The molecule has 0 aliphatic carbocycles. The quantitative estimate of drug-likeness (QED) is 0.493. The maximum absolute atomic E-state index is 5.35. The molecule has 0 N–H and O–H groups in total. The van der Waals surface area contributed by atoms with Gasteiger partial charge in [-0.15, -0.1) is 0 Å². The molecule has 2 aromatic carbocycles. The zero-order valence-corrected chi connectivity index (χ0v) is 13.3. The number of methoxy groups -OCH3 is 2. The SMILES string of the molecule is C=NC(=NC(=S)c1ccc(OC)cc1)c1ccc(OC)cc1. The molecular weight excluding hydrogens is 296 g/mol. The maximum Gasteiger partial charge on any atom is 0.160 e. The van der Waals surface area contributed by atoms with Crippen molar-refractivity contribution in [1.82, 2.24) is 0 Å². The first kappa shape index (κ1) is 15.9. The first-order valence-corrected chi connectivity index (χ1v) is 6.97. The van der Waals surface area contributed by atoms with Gasteiger partial charge in [0, 0.05) is 11.1 Å². The fraction of sp³-hybridized carbons (Fsp3) is 0.118. The standard InChI is InChI=1S/C17H16N2O2S/c1-18-16(12-4-8-14(20-2)9-5-12)19-17(22)13-6-10-15(21-3)11-7-13/h4-11H,1H2,2-3H3. The molecule has 0 aliphatic rings. The van der Waals surface area contributed by atoms with Crippen molar-refractivity contribution in [2.45, 2.75) is 0 Å². The number of hydrogen-bond donors (Lipinski definition) is 0. The normalized spacial score (nSPS) is 10.9. The number of ether oxygens (including phenoxy) is 2. The van der Waals surface area contributed by atoms with E-state index in [9.17, 15) is 0 Å². The van der Waals surface area contributed by atoms with Crippen LogP contribution in [0, 0.1) is 0 Å². The summed E-state index contributed by atoms with van der Waals surface area (Å²) in [6, 6.07) is 14.8. The summed E-state index contributed by atoms with van der Waals surface area (Å²) in [5.74, 6) is 2.01. The first-order chi connectivity index (χ1) is 10.7. The third-order valence-electron chi connectivity index (χ3n) is 3.04. The Hall–Kier alpha value is -2.53. The van der Waals surface area contributed by atoms with Gasteiger partial charge in [-0.05, 0) is 55.2 Å². The summed E-state index contributed by atoms with van der Waals surface area (Å²) in [5.41, 5.74) is 1.65. The van der Waals surface area contributed by atoms with E-state index in [0.717, 1.165) is 22.6 Å². The summed E-state index contributed by atoms with van der Waals surface area (Å²) in [5, 5.41) is 0. The van der Waals surface area contributed by atoms with Crippen molar-refractivity contribution >= 4 is 29.8 Å². The van der Waals surface area contributed by atoms with Crippen LogP contribution in [0.3, 0.4) is 0 Å². The lowest BCUT2D eigenvalue weighted by atomic mass is 10.2. The van der Waals surface area contributed by atoms with Gasteiger partial charge < -0.3 is 9.47 Å². The number of amidine groups is 1. The number of thiocarbonyl (C=S) groups is 1. The van der Waals surface area contributed by atoms with E-state index in [0.29, 0.717) is 10.8 Å². The lowest BCUT2D eigenvalue weighted by Gasteiger charge is -2.05. The molecule has 0 aliphatic heterocycles. The van der Waals surface area contributed by atoms with E-state index >= 15 is 0 Å². The molecule has 0 bridgehead atoms. The minimum absolute atomic E-state index is 0.445. The monoisotopic (exact) mass is 312 g/mol. The van der Waals surface area contributed by atoms with E-state index in [1.807, 2.05) is 48.5 Å². The molecule has 22 heavy (non-hydrogen) atoms. The molecule has 0 amide bonds. The van der Waals surface area contributed by atoms with Crippen LogP contribution in [-0.4, -0.2) is 31.8 Å². The number of hydrogen-bond acceptors (Lipinski definition) is 3. The molecule has 0 saturated carbocycles. The minimum atomic E-state index is 0.445. The zero-order valence-electron chi connectivity index (χ0n) is 12.4. The summed E-state index contributed by atoms with van der Waals surface area (Å²) < 4.78 is 10.3. The zero-order chi connectivity index (χ0) is 15.9. The minimum Gasteiger partial charge on any atom is -0.497 e. The third kappa shape index (κ3) is 3.77. The van der Waals surface area contributed by atoms with Gasteiger partial charge in [0.25, 0.3) is 0 Å². The number of benzene rings is 2. The fourth-order valence-corrected chi connectivity index (χ4v) is 2.05. The van der Waals surface area contributed by atoms with Crippen LogP contribution in [0.15, 0.2) is 58.5 Å². The average molecular weight is 312 g/mol. The molecule has 0 heterocycles. The second kappa shape index (κ2) is 7.47. The van der Waals surface area contributed by atoms with Gasteiger partial charge in [-0.25, -0.2) is 9.98 Å². The summed E-state index contributed by atoms with van der Waals surface area (Å²) in [6.45, 7) is 3.56. The van der Waals surface area contributed by atoms with Crippen molar-refractivity contribution in [2.24, 2.45) is 9.98 Å². The van der Waals surface area contributed by atoms with Gasteiger partial charge >= 0.3 is 0 Å². The van der Waals surface area contributed by atoms with E-state index < -0.39 is 0 Å². The van der Waals surface area contributed by atoms with Gasteiger partial charge in [0.05, 0.1) is 14.2 Å². The lowest BCUT2D eigenvalue weighted by Crippen LogP contribution is -2.02. The predicted octanol–water partition coefficient (Wildman–Crippen LogP) is 3.53. The number of aliphatic imine (C=N–C) groups is 2. The molecule has 2 aromatic rings. The Labute approximate surface area is 135 Å². The summed E-state index contributed by atoms with van der Waals surface area (Å²) in [4.78, 5) is 8.79. The smallest absolute Gasteiger partial charge is 0.160 e. The van der Waals surface area contributed by atoms with E-state index in [-0.39, 0.29) is 0 Å². The van der Waals surface area contributed by atoms with Crippen LogP contribution in [0.25, 0.3) is 0 Å². The molecule has 0 fully saturated rings.